The van der Waals surface area contributed by atoms with Crippen LogP contribution in [0.4, 0.5) is 0 Å². The van der Waals surface area contributed by atoms with Gasteiger partial charge in [0.15, 0.2) is 0 Å². The van der Waals surface area contributed by atoms with E-state index in [0.29, 0.717) is 17.8 Å². The normalized spacial score (nSPS) is 14.4. The molecule has 2 aromatic rings. The number of benzene rings is 2. The Morgan fingerprint density at radius 1 is 0.360 bits per heavy atom. The summed E-state index contributed by atoms with van der Waals surface area (Å²) in [5.41, 5.74) is 10.4. The van der Waals surface area contributed by atoms with Crippen molar-refractivity contribution >= 4 is 87.1 Å². The second-order valence-electron chi connectivity index (χ2n) is 23.4. The summed E-state index contributed by atoms with van der Waals surface area (Å²) in [4.78, 5) is 0. The molecular formula is C42H82GeSi6Te. The van der Waals surface area contributed by atoms with Crippen LogP contribution in [0.3, 0.4) is 0 Å². The fraction of sp³-hybridized carbons (Fsp3) is 0.714. The van der Waals surface area contributed by atoms with E-state index in [1.165, 1.54) is 0 Å². The van der Waals surface area contributed by atoms with Crippen LogP contribution in [0.25, 0.3) is 0 Å². The van der Waals surface area contributed by atoms with Crippen LogP contribution in [0.1, 0.15) is 108 Å². The van der Waals surface area contributed by atoms with Crippen LogP contribution in [-0.2, 0) is 0 Å². The van der Waals surface area contributed by atoms with Gasteiger partial charge in [0.05, 0.1) is 0 Å². The first-order chi connectivity index (χ1) is 22.0. The summed E-state index contributed by atoms with van der Waals surface area (Å²) >= 11 is 2.72. The predicted molar refractivity (Wildman–Crippen MR) is 254 cm³/mol. The molecule has 0 aliphatic carbocycles. The SMILES string of the molecule is CC(C)c1cc(C(C)C)[c]([Ge](=[Te])[c]2c(C([Si](C)(C)C)[Si](C)(C)C)cc(C([Si](C)(C)C)[Si](C)(C)C)cc2C([Si](C)(C)C)[Si](C)(C)C)c(C(C)C)c1. The Kier molecular flexibility index (Phi) is 15.4. The summed E-state index contributed by atoms with van der Waals surface area (Å²) in [7, 11) is -11.5. The first-order valence-corrected chi connectivity index (χ1v) is 50.4. The van der Waals surface area contributed by atoms with Crippen LogP contribution >= 0.6 is 0 Å². The summed E-state index contributed by atoms with van der Waals surface area (Å²) in [5.74, 6) is 1.63. The molecule has 0 N–H and O–H groups in total. The topological polar surface area (TPSA) is 0 Å². The van der Waals surface area contributed by atoms with Crippen LogP contribution < -0.4 is 8.79 Å². The molecule has 2 aromatic carbocycles. The number of rotatable bonds is 14. The molecule has 0 fully saturated rings. The Bertz CT molecular complexity index is 1390. The summed E-state index contributed by atoms with van der Waals surface area (Å²) in [6.45, 7) is 63.5. The van der Waals surface area contributed by atoms with Crippen molar-refractivity contribution in [1.82, 2.24) is 0 Å². The molecule has 0 atom stereocenters. The van der Waals surface area contributed by atoms with Crippen LogP contribution in [0.5, 0.6) is 0 Å². The van der Waals surface area contributed by atoms with Gasteiger partial charge >= 0.3 is 337 Å². The molecule has 50 heavy (non-hydrogen) atoms. The van der Waals surface area contributed by atoms with Gasteiger partial charge in [0, 0.05) is 0 Å². The van der Waals surface area contributed by atoms with Gasteiger partial charge < -0.3 is 0 Å². The molecule has 0 heterocycles. The molecule has 0 radical (unpaired) electrons. The van der Waals surface area contributed by atoms with Gasteiger partial charge in [-0.15, -0.1) is 0 Å². The quantitative estimate of drug-likeness (QED) is 0.166. The molecule has 0 bridgehead atoms. The molecule has 0 aromatic heterocycles. The first kappa shape index (κ1) is 47.2. The zero-order valence-corrected chi connectivity index (χ0v) is 48.1. The minimum absolute atomic E-state index is 0.536. The third-order valence-electron chi connectivity index (χ3n) is 11.0. The van der Waals surface area contributed by atoms with Gasteiger partial charge in [-0.1, -0.05) is 0 Å². The van der Waals surface area contributed by atoms with Gasteiger partial charge in [-0.3, -0.25) is 0 Å². The van der Waals surface area contributed by atoms with Gasteiger partial charge in [0.25, 0.3) is 0 Å². The maximum absolute atomic E-state index is 2.96. The molecule has 0 aliphatic rings. The van der Waals surface area contributed by atoms with Crippen molar-refractivity contribution in [3.63, 3.8) is 0 Å². The van der Waals surface area contributed by atoms with E-state index >= 15 is 0 Å². The van der Waals surface area contributed by atoms with Gasteiger partial charge in [-0.2, -0.15) is 0 Å². The van der Waals surface area contributed by atoms with Crippen LogP contribution in [0, 0.1) is 0 Å². The molecule has 0 spiro atoms. The standard InChI is InChI=1S/C42H82GeSi6Te/c1-29(2)32-25-34(30(3)4)38(35(26-32)31(5)6)43(50)39-36(41(46(13,14)15)47(16,17)18)27-33(40(44(7,8)9)45(10,11)12)28-37(39)42(48(19,20)21)49(22,23)24/h25-31,40-42H,1-24H3. The zero-order valence-electron chi connectivity index (χ0n) is 37.7. The van der Waals surface area contributed by atoms with Gasteiger partial charge in [0.2, 0.25) is 0 Å². The van der Waals surface area contributed by atoms with Crippen molar-refractivity contribution in [2.45, 2.75) is 193 Å². The summed E-state index contributed by atoms with van der Waals surface area (Å²) in [5, 5.41) is 2.26. The molecule has 0 unspecified atom stereocenters. The molecule has 0 amide bonds. The van der Waals surface area contributed by atoms with Gasteiger partial charge in [-0.05, 0) is 0 Å². The van der Waals surface area contributed by atoms with E-state index in [2.05, 4.69) is 203 Å². The fourth-order valence-electron chi connectivity index (χ4n) is 10.7. The summed E-state index contributed by atoms with van der Waals surface area (Å²) < 4.78 is 3.79. The van der Waals surface area contributed by atoms with E-state index in [9.17, 15) is 0 Å². The monoisotopic (exact) mass is 958 g/mol. The molecule has 0 nitrogen and oxygen atoms in total. The van der Waals surface area contributed by atoms with Crippen LogP contribution in [0.2, 0.25) is 118 Å². The Hall–Kier alpha value is 1.07. The third kappa shape index (κ3) is 11.1. The van der Waals surface area contributed by atoms with Crippen molar-refractivity contribution in [2.24, 2.45) is 0 Å². The van der Waals surface area contributed by atoms with E-state index in [1.54, 1.807) is 22.3 Å². The summed E-state index contributed by atoms with van der Waals surface area (Å²) in [6.07, 6.45) is 0. The van der Waals surface area contributed by atoms with E-state index in [4.69, 9.17) is 0 Å². The van der Waals surface area contributed by atoms with Gasteiger partial charge in [-0.25, -0.2) is 0 Å². The molecule has 8 heteroatoms. The van der Waals surface area contributed by atoms with Crippen LogP contribution in [0.15, 0.2) is 24.3 Å². The minimum atomic E-state index is -2.06. The zero-order chi connectivity index (χ0) is 39.5. The average molecular weight is 956 g/mol. The van der Waals surface area contributed by atoms with E-state index in [0.717, 1.165) is 15.5 Å². The van der Waals surface area contributed by atoms with E-state index in [-0.39, 0.29) is 0 Å². The van der Waals surface area contributed by atoms with Crippen LogP contribution in [-0.4, -0.2) is 78.3 Å². The van der Waals surface area contributed by atoms with Crippen molar-refractivity contribution in [2.75, 3.05) is 0 Å². The predicted octanol–water partition coefficient (Wildman–Crippen LogP) is 12.8. The number of hydrogen-bond acceptors (Lipinski definition) is 0. The second kappa shape index (κ2) is 16.3. The Morgan fingerprint density at radius 2 is 0.600 bits per heavy atom. The Balaban J connectivity index is 3.59. The Labute approximate surface area is 334 Å². The number of hydrogen-bond donors (Lipinski definition) is 0. The van der Waals surface area contributed by atoms with Crippen molar-refractivity contribution < 1.29 is 0 Å². The second-order valence-corrected chi connectivity index (χ2v) is 66.6. The molecule has 0 saturated heterocycles. The first-order valence-electron chi connectivity index (χ1n) is 19.9. The average Bonchev–Trinajstić information content (AvgIpc) is 2.82. The molecular weight excluding hydrogens is 873 g/mol. The molecule has 0 saturated carbocycles. The van der Waals surface area contributed by atoms with Gasteiger partial charge in [0.1, 0.15) is 0 Å². The van der Waals surface area contributed by atoms with E-state index in [1.807, 2.05) is 19.9 Å². The molecule has 284 valence electrons. The summed E-state index contributed by atoms with van der Waals surface area (Å²) in [6, 6.07) is 11.2. The maximum atomic E-state index is 2.96. The fourth-order valence-corrected chi connectivity index (χ4v) is 62.2. The Morgan fingerprint density at radius 3 is 0.820 bits per heavy atom. The van der Waals surface area contributed by atoms with Crippen molar-refractivity contribution in [3.8, 4) is 0 Å². The third-order valence-corrected chi connectivity index (χ3v) is 49.2. The van der Waals surface area contributed by atoms with Crippen molar-refractivity contribution in [1.29, 1.82) is 0 Å². The molecule has 0 aliphatic heterocycles. The molecule has 2 rings (SSSR count). The van der Waals surface area contributed by atoms with Crippen molar-refractivity contribution in [3.05, 3.63) is 57.6 Å². The van der Waals surface area contributed by atoms with E-state index < -0.39 is 59.0 Å².